The first kappa shape index (κ1) is 16.8. The monoisotopic (exact) mass is 400 g/mol. The van der Waals surface area contributed by atoms with Crippen molar-refractivity contribution < 1.29 is 19.4 Å². The van der Waals surface area contributed by atoms with Crippen molar-refractivity contribution in [2.45, 2.75) is 14.1 Å². The predicted octanol–water partition coefficient (Wildman–Crippen LogP) is 3.32. The Balaban J connectivity index is 2.80. The summed E-state index contributed by atoms with van der Waals surface area (Å²) in [6, 6.07) is 0. The van der Waals surface area contributed by atoms with Crippen molar-refractivity contribution >= 4 is 81.5 Å². The number of carboxylic acids is 1. The molecule has 0 spiro atoms. The molecule has 4 atom stereocenters. The molecule has 0 aromatic rings. The maximum absolute atomic E-state index is 11.9. The quantitative estimate of drug-likeness (QED) is 0.568. The third kappa shape index (κ3) is 1.53. The molecular formula is C10H6Cl6O4. The van der Waals surface area contributed by atoms with E-state index in [4.69, 9.17) is 69.6 Å². The average Bonchev–Trinajstić information content (AvgIpc) is 2.57. The van der Waals surface area contributed by atoms with E-state index in [1.165, 1.54) is 0 Å². The fourth-order valence-corrected chi connectivity index (χ4v) is 5.65. The van der Waals surface area contributed by atoms with Crippen LogP contribution < -0.4 is 0 Å². The zero-order valence-electron chi connectivity index (χ0n) is 9.59. The molecule has 10 heteroatoms. The largest absolute Gasteiger partial charge is 0.481 e. The number of fused-ring (bicyclic) bond motifs is 2. The third-order valence-electron chi connectivity index (χ3n) is 3.66. The Morgan fingerprint density at radius 1 is 1.05 bits per heavy atom. The third-order valence-corrected chi connectivity index (χ3v) is 7.92. The molecule has 0 saturated heterocycles. The summed E-state index contributed by atoms with van der Waals surface area (Å²) in [6.45, 7) is 0. The van der Waals surface area contributed by atoms with E-state index in [2.05, 4.69) is 4.74 Å². The minimum Gasteiger partial charge on any atom is -0.481 e. The van der Waals surface area contributed by atoms with Crippen LogP contribution in [0.4, 0.5) is 0 Å². The summed E-state index contributed by atoms with van der Waals surface area (Å²) >= 11 is 36.9. The van der Waals surface area contributed by atoms with Gasteiger partial charge in [-0.25, -0.2) is 0 Å². The Bertz CT molecular complexity index is 546. The number of alkyl halides is 4. The van der Waals surface area contributed by atoms with Gasteiger partial charge in [0.2, 0.25) is 0 Å². The zero-order chi connectivity index (χ0) is 15.7. The molecule has 1 fully saturated rings. The Labute approximate surface area is 143 Å². The highest BCUT2D eigenvalue weighted by molar-refractivity contribution is 6.66. The Morgan fingerprint density at radius 2 is 1.45 bits per heavy atom. The summed E-state index contributed by atoms with van der Waals surface area (Å²) < 4.78 is 2.47. The van der Waals surface area contributed by atoms with E-state index in [0.717, 1.165) is 7.11 Å². The van der Waals surface area contributed by atoms with Crippen LogP contribution in [0.1, 0.15) is 0 Å². The molecule has 0 aromatic heterocycles. The molecule has 112 valence electrons. The van der Waals surface area contributed by atoms with E-state index >= 15 is 0 Å². The molecule has 1 saturated carbocycles. The number of hydrogen-bond acceptors (Lipinski definition) is 3. The standard InChI is InChI=1S/C10H6Cl6O4/c1-20-7(19)3-2(6(17)18)8(13)4(11)5(12)9(3,14)10(8,15)16/h2-3H,1H3,(H,17,18). The lowest BCUT2D eigenvalue weighted by atomic mass is 9.82. The maximum atomic E-state index is 11.9. The molecule has 2 rings (SSSR count). The molecule has 2 aliphatic rings. The van der Waals surface area contributed by atoms with Gasteiger partial charge >= 0.3 is 11.9 Å². The van der Waals surface area contributed by atoms with Crippen molar-refractivity contribution in [3.05, 3.63) is 10.1 Å². The van der Waals surface area contributed by atoms with Crippen molar-refractivity contribution in [3.63, 3.8) is 0 Å². The molecule has 1 N–H and O–H groups in total. The van der Waals surface area contributed by atoms with Gasteiger partial charge < -0.3 is 9.84 Å². The second-order valence-electron chi connectivity index (χ2n) is 4.44. The van der Waals surface area contributed by atoms with E-state index < -0.39 is 37.9 Å². The second kappa shape index (κ2) is 4.71. The van der Waals surface area contributed by atoms with Crippen LogP contribution >= 0.6 is 69.6 Å². The number of hydrogen-bond donors (Lipinski definition) is 1. The number of carboxylic acid groups (broad SMARTS) is 1. The van der Waals surface area contributed by atoms with Gasteiger partial charge in [-0.2, -0.15) is 0 Å². The molecular weight excluding hydrogens is 397 g/mol. The highest BCUT2D eigenvalue weighted by atomic mass is 35.5. The number of carbonyl (C=O) groups excluding carboxylic acids is 1. The molecule has 4 unspecified atom stereocenters. The van der Waals surface area contributed by atoms with E-state index in [-0.39, 0.29) is 10.1 Å². The van der Waals surface area contributed by atoms with Crippen LogP contribution in [-0.2, 0) is 14.3 Å². The first-order chi connectivity index (χ1) is 8.99. The van der Waals surface area contributed by atoms with Crippen molar-refractivity contribution in [2.75, 3.05) is 7.11 Å². The molecule has 4 nitrogen and oxygen atoms in total. The second-order valence-corrected chi connectivity index (χ2v) is 7.72. The molecule has 2 aliphatic carbocycles. The lowest BCUT2D eigenvalue weighted by Gasteiger charge is -2.32. The van der Waals surface area contributed by atoms with E-state index in [0.29, 0.717) is 0 Å². The molecule has 2 bridgehead atoms. The normalized spacial score (nSPS) is 42.0. The number of ether oxygens (including phenoxy) is 1. The minimum absolute atomic E-state index is 0.256. The van der Waals surface area contributed by atoms with Gasteiger partial charge in [-0.1, -0.05) is 46.4 Å². The summed E-state index contributed by atoms with van der Waals surface area (Å²) in [5, 5.41) is 8.83. The number of rotatable bonds is 2. The fourth-order valence-electron chi connectivity index (χ4n) is 2.72. The Kier molecular flexibility index (Phi) is 3.95. The summed E-state index contributed by atoms with van der Waals surface area (Å²) in [4.78, 5) is 19.4. The molecule has 0 aliphatic heterocycles. The smallest absolute Gasteiger partial charge is 0.311 e. The van der Waals surface area contributed by atoms with Crippen molar-refractivity contribution in [1.29, 1.82) is 0 Å². The van der Waals surface area contributed by atoms with Gasteiger partial charge in [0.1, 0.15) is 9.75 Å². The fraction of sp³-hybridized carbons (Fsp3) is 0.600. The van der Waals surface area contributed by atoms with Crippen LogP contribution in [-0.4, -0.2) is 38.2 Å². The molecule has 20 heavy (non-hydrogen) atoms. The lowest BCUT2D eigenvalue weighted by Crippen LogP contribution is -2.45. The van der Waals surface area contributed by atoms with Crippen LogP contribution in [0.25, 0.3) is 0 Å². The van der Waals surface area contributed by atoms with Gasteiger partial charge in [0.15, 0.2) is 4.33 Å². The first-order valence-corrected chi connectivity index (χ1v) is 7.38. The van der Waals surface area contributed by atoms with Crippen LogP contribution in [0.2, 0.25) is 0 Å². The van der Waals surface area contributed by atoms with Crippen LogP contribution in [0.3, 0.4) is 0 Å². The topological polar surface area (TPSA) is 63.6 Å². The number of carbonyl (C=O) groups is 2. The van der Waals surface area contributed by atoms with E-state index in [1.54, 1.807) is 0 Å². The summed E-state index contributed by atoms with van der Waals surface area (Å²) in [5.41, 5.74) is 0. The van der Waals surface area contributed by atoms with Gasteiger partial charge in [0.05, 0.1) is 29.0 Å². The van der Waals surface area contributed by atoms with Gasteiger partial charge in [-0.3, -0.25) is 9.59 Å². The van der Waals surface area contributed by atoms with Crippen LogP contribution in [0.15, 0.2) is 10.1 Å². The minimum atomic E-state index is -2.10. The van der Waals surface area contributed by atoms with Crippen LogP contribution in [0, 0.1) is 11.8 Å². The molecule has 0 amide bonds. The molecule has 0 radical (unpaired) electrons. The van der Waals surface area contributed by atoms with Crippen molar-refractivity contribution in [1.82, 2.24) is 0 Å². The molecule has 0 aromatic carbocycles. The number of halogens is 6. The maximum Gasteiger partial charge on any atom is 0.311 e. The number of methoxy groups -OCH3 is 1. The first-order valence-electron chi connectivity index (χ1n) is 5.12. The predicted molar refractivity (Wildman–Crippen MR) is 77.0 cm³/mol. The Morgan fingerprint density at radius 3 is 1.80 bits per heavy atom. The van der Waals surface area contributed by atoms with Gasteiger partial charge in [0, 0.05) is 0 Å². The summed E-state index contributed by atoms with van der Waals surface area (Å²) in [6.07, 6.45) is 0. The van der Waals surface area contributed by atoms with Gasteiger partial charge in [0.25, 0.3) is 0 Å². The van der Waals surface area contributed by atoms with Gasteiger partial charge in [-0.05, 0) is 0 Å². The Hall–Kier alpha value is 0.420. The van der Waals surface area contributed by atoms with E-state index in [1.807, 2.05) is 0 Å². The highest BCUT2D eigenvalue weighted by Crippen LogP contribution is 2.76. The summed E-state index contributed by atoms with van der Waals surface area (Å²) in [7, 11) is 1.07. The van der Waals surface area contributed by atoms with Crippen molar-refractivity contribution in [3.8, 4) is 0 Å². The summed E-state index contributed by atoms with van der Waals surface area (Å²) in [5.74, 6) is -5.44. The van der Waals surface area contributed by atoms with Crippen LogP contribution in [0.5, 0.6) is 0 Å². The highest BCUT2D eigenvalue weighted by Gasteiger charge is 2.85. The lowest BCUT2D eigenvalue weighted by molar-refractivity contribution is -0.155. The number of aliphatic carboxylic acids is 1. The SMILES string of the molecule is COC(=O)C1C(C(=O)O)C2(Cl)C(Cl)=C(Cl)C1(Cl)C2(Cl)Cl. The van der Waals surface area contributed by atoms with Crippen molar-refractivity contribution in [2.24, 2.45) is 11.8 Å². The van der Waals surface area contributed by atoms with E-state index in [9.17, 15) is 14.7 Å². The molecule has 0 heterocycles. The van der Waals surface area contributed by atoms with Gasteiger partial charge in [-0.15, -0.1) is 23.2 Å². The zero-order valence-corrected chi connectivity index (χ0v) is 14.1. The number of allylic oxidation sites excluding steroid dienone is 2. The number of esters is 1. The average molecular weight is 403 g/mol.